The van der Waals surface area contributed by atoms with Crippen molar-refractivity contribution >= 4 is 71.0 Å². The van der Waals surface area contributed by atoms with E-state index in [0.717, 1.165) is 9.14 Å². The third kappa shape index (κ3) is 6.31. The minimum Gasteiger partial charge on any atom is -0.477 e. The van der Waals surface area contributed by atoms with Gasteiger partial charge in [-0.1, -0.05) is 30.3 Å². The number of amides is 6. The van der Waals surface area contributed by atoms with Crippen molar-refractivity contribution in [2.45, 2.75) is 17.5 Å². The number of imide groups is 1. The van der Waals surface area contributed by atoms with E-state index in [4.69, 9.17) is 4.42 Å². The number of β-lactam (4-membered cyclic amide) rings is 1. The van der Waals surface area contributed by atoms with Crippen molar-refractivity contribution in [2.75, 3.05) is 37.1 Å². The molecule has 6 amide bonds. The molecule has 1 aromatic heterocycles. The molecule has 1 aromatic carbocycles. The van der Waals surface area contributed by atoms with Gasteiger partial charge >= 0.3 is 18.0 Å². The molecule has 236 valence electrons. The van der Waals surface area contributed by atoms with Gasteiger partial charge in [-0.25, -0.2) is 24.3 Å². The van der Waals surface area contributed by atoms with Crippen LogP contribution in [0, 0.1) is 0 Å². The second kappa shape index (κ2) is 13.0. The predicted molar refractivity (Wildman–Crippen MR) is 168 cm³/mol. The molecule has 4 aliphatic rings. The van der Waals surface area contributed by atoms with Crippen LogP contribution in [0.1, 0.15) is 11.6 Å². The van der Waals surface area contributed by atoms with E-state index in [-0.39, 0.29) is 18.8 Å². The molecule has 0 aliphatic carbocycles. The third-order valence-electron chi connectivity index (χ3n) is 7.23. The van der Waals surface area contributed by atoms with Crippen molar-refractivity contribution in [2.24, 2.45) is 0 Å². The highest BCUT2D eigenvalue weighted by molar-refractivity contribution is 8.21. The first-order chi connectivity index (χ1) is 21.7. The van der Waals surface area contributed by atoms with Gasteiger partial charge < -0.3 is 25.2 Å². The Balaban J connectivity index is 1.13. The van der Waals surface area contributed by atoms with Crippen LogP contribution in [-0.2, 0) is 14.4 Å². The number of fused-ring (bicyclic) bond motifs is 1. The van der Waals surface area contributed by atoms with Gasteiger partial charge in [-0.3, -0.25) is 19.9 Å². The van der Waals surface area contributed by atoms with Crippen molar-refractivity contribution in [3.8, 4) is 0 Å². The van der Waals surface area contributed by atoms with Crippen LogP contribution in [0.4, 0.5) is 15.3 Å². The first-order valence-corrected chi connectivity index (χ1v) is 16.5. The molecule has 2 aromatic rings. The van der Waals surface area contributed by atoms with Gasteiger partial charge in [0.2, 0.25) is 5.91 Å². The molecule has 6 rings (SSSR count). The highest BCUT2D eigenvalue weighted by Crippen LogP contribution is 2.42. The summed E-state index contributed by atoms with van der Waals surface area (Å²) in [6.45, 7) is 0.275. The van der Waals surface area contributed by atoms with E-state index in [1.165, 1.54) is 57.9 Å². The SMILES string of the molecule is CN1C=C(SCC2=C(C(=O)O)N3C(=O)C(NC(=O)C(NC(=O)N4CCN(Nc5ccoc5)C4=O)c4ccccc4)[C@@H]3SC2)SN1. The summed E-state index contributed by atoms with van der Waals surface area (Å²) in [7, 11) is 1.85. The minimum atomic E-state index is -1.23. The fourth-order valence-corrected chi connectivity index (χ4v) is 8.33. The number of aliphatic carboxylic acids is 1. The Labute approximate surface area is 269 Å². The van der Waals surface area contributed by atoms with Gasteiger partial charge in [0, 0.05) is 30.8 Å². The summed E-state index contributed by atoms with van der Waals surface area (Å²) in [5.74, 6) is -1.67. The predicted octanol–water partition coefficient (Wildman–Crippen LogP) is 2.16. The van der Waals surface area contributed by atoms with Crippen LogP contribution in [0.2, 0.25) is 0 Å². The van der Waals surface area contributed by atoms with Crippen molar-refractivity contribution in [1.82, 2.24) is 35.3 Å². The molecule has 5 heterocycles. The molecule has 15 nitrogen and oxygen atoms in total. The summed E-state index contributed by atoms with van der Waals surface area (Å²) < 4.78 is 5.97. The fourth-order valence-electron chi connectivity index (χ4n) is 5.04. The molecule has 0 spiro atoms. The van der Waals surface area contributed by atoms with Crippen LogP contribution in [0.5, 0.6) is 0 Å². The number of thioether (sulfide) groups is 2. The van der Waals surface area contributed by atoms with Gasteiger partial charge in [0.05, 0.1) is 29.3 Å². The number of urea groups is 2. The molecule has 45 heavy (non-hydrogen) atoms. The van der Waals surface area contributed by atoms with Crippen molar-refractivity contribution < 1.29 is 33.5 Å². The van der Waals surface area contributed by atoms with Crippen LogP contribution in [0.3, 0.4) is 0 Å². The van der Waals surface area contributed by atoms with Crippen molar-refractivity contribution in [3.63, 3.8) is 0 Å². The van der Waals surface area contributed by atoms with Gasteiger partial charge in [0.15, 0.2) is 0 Å². The molecule has 0 radical (unpaired) electrons. The number of furan rings is 1. The normalized spacial score (nSPS) is 21.8. The molecule has 0 saturated carbocycles. The van der Waals surface area contributed by atoms with Crippen LogP contribution in [0.25, 0.3) is 0 Å². The van der Waals surface area contributed by atoms with Crippen molar-refractivity contribution in [1.29, 1.82) is 0 Å². The molecule has 2 unspecified atom stereocenters. The van der Waals surface area contributed by atoms with E-state index in [1.807, 2.05) is 13.2 Å². The Morgan fingerprint density at radius 2 is 1.98 bits per heavy atom. The molecule has 4 aliphatic heterocycles. The van der Waals surface area contributed by atoms with Crippen LogP contribution >= 0.6 is 35.5 Å². The molecule has 5 N–H and O–H groups in total. The molecular formula is C27H28N8O7S3. The summed E-state index contributed by atoms with van der Waals surface area (Å²) in [6, 6.07) is 6.43. The van der Waals surface area contributed by atoms with E-state index in [2.05, 4.69) is 20.9 Å². The van der Waals surface area contributed by atoms with Gasteiger partial charge in [0.1, 0.15) is 29.4 Å². The maximum absolute atomic E-state index is 13.6. The van der Waals surface area contributed by atoms with E-state index < -0.39 is 47.3 Å². The molecule has 18 heteroatoms. The molecule has 0 bridgehead atoms. The Morgan fingerprint density at radius 3 is 2.67 bits per heavy atom. The Bertz CT molecular complexity index is 1570. The van der Waals surface area contributed by atoms with Gasteiger partial charge in [0.25, 0.3) is 5.91 Å². The highest BCUT2D eigenvalue weighted by Gasteiger charge is 2.54. The summed E-state index contributed by atoms with van der Waals surface area (Å²) in [6.07, 6.45) is 4.75. The maximum Gasteiger partial charge on any atom is 0.352 e. The van der Waals surface area contributed by atoms with Crippen LogP contribution in [-0.4, -0.2) is 97.8 Å². The Morgan fingerprint density at radius 1 is 1.18 bits per heavy atom. The number of nitrogens with one attached hydrogen (secondary N) is 4. The van der Waals surface area contributed by atoms with Crippen LogP contribution < -0.4 is 20.9 Å². The number of hydrogen-bond donors (Lipinski definition) is 5. The number of carbonyl (C=O) groups excluding carboxylic acids is 4. The average Bonchev–Trinajstić information content (AvgIpc) is 3.79. The molecular weight excluding hydrogens is 645 g/mol. The summed E-state index contributed by atoms with van der Waals surface area (Å²) in [5, 5.41) is 17.8. The summed E-state index contributed by atoms with van der Waals surface area (Å²) >= 11 is 4.26. The number of anilines is 1. The minimum absolute atomic E-state index is 0.0688. The third-order valence-corrected chi connectivity index (χ3v) is 10.7. The lowest BCUT2D eigenvalue weighted by Crippen LogP contribution is -2.71. The van der Waals surface area contributed by atoms with Gasteiger partial charge in [-0.2, -0.15) is 4.83 Å². The first kappa shape index (κ1) is 30.8. The standard InChI is InChI=1S/C27H28N8O7S3/c1-32-11-18(45-31-32)43-13-16-14-44-24-20(23(37)35(24)21(16)25(38)39)28-22(36)19(15-5-3-2-4-6-15)29-26(40)33-8-9-34(27(33)41)30-17-7-10-42-12-17/h2-7,10-12,19-20,24,30-31H,8-9,13-14H2,1H3,(H,28,36)(H,29,40)(H,38,39)/t19?,20?,24-/m0/s1. The number of rotatable bonds is 10. The molecule has 2 saturated heterocycles. The molecule has 3 atom stereocenters. The van der Waals surface area contributed by atoms with E-state index in [0.29, 0.717) is 28.3 Å². The van der Waals surface area contributed by atoms with Crippen LogP contribution in [0.15, 0.2) is 75.0 Å². The maximum atomic E-state index is 13.6. The highest BCUT2D eigenvalue weighted by atomic mass is 32.2. The van der Waals surface area contributed by atoms with E-state index in [1.54, 1.807) is 41.4 Å². The average molecular weight is 673 g/mol. The van der Waals surface area contributed by atoms with Crippen molar-refractivity contribution in [3.05, 3.63) is 76.2 Å². The first-order valence-electron chi connectivity index (χ1n) is 13.6. The Kier molecular flexibility index (Phi) is 8.88. The zero-order valence-corrected chi connectivity index (χ0v) is 26.1. The lowest BCUT2D eigenvalue weighted by molar-refractivity contribution is -0.151. The number of carbonyl (C=O) groups is 5. The van der Waals surface area contributed by atoms with E-state index in [9.17, 15) is 29.1 Å². The largest absolute Gasteiger partial charge is 0.477 e. The summed E-state index contributed by atoms with van der Waals surface area (Å²) in [4.78, 5) is 70.6. The lowest BCUT2D eigenvalue weighted by Gasteiger charge is -2.49. The monoisotopic (exact) mass is 672 g/mol. The zero-order valence-electron chi connectivity index (χ0n) is 23.7. The fraction of sp³-hybridized carbons (Fsp3) is 0.296. The van der Waals surface area contributed by atoms with Gasteiger partial charge in [-0.05, 0) is 23.1 Å². The zero-order chi connectivity index (χ0) is 31.7. The Hall–Kier alpha value is -4.26. The number of nitrogens with zero attached hydrogens (tertiary/aromatic N) is 4. The van der Waals surface area contributed by atoms with E-state index >= 15 is 0 Å². The number of benzene rings is 1. The second-order valence-electron chi connectivity index (χ2n) is 10.2. The summed E-state index contributed by atoms with van der Waals surface area (Å²) in [5.41, 5.74) is 4.38. The number of hydrogen-bond acceptors (Lipinski definition) is 12. The quantitative estimate of drug-likeness (QED) is 0.183. The lowest BCUT2D eigenvalue weighted by atomic mass is 10.0. The second-order valence-corrected chi connectivity index (χ2v) is 13.4. The number of carboxylic acids is 1. The topological polar surface area (TPSA) is 180 Å². The smallest absolute Gasteiger partial charge is 0.352 e. The van der Waals surface area contributed by atoms with Gasteiger partial charge in [-0.15, -0.1) is 23.5 Å². The number of carboxylic acid groups (broad SMARTS) is 1. The number of hydrazine groups is 2. The molecule has 2 fully saturated rings.